The summed E-state index contributed by atoms with van der Waals surface area (Å²) in [7, 11) is 0. The van der Waals surface area contributed by atoms with E-state index in [0.717, 1.165) is 50.5 Å². The number of rotatable bonds is 4. The van der Waals surface area contributed by atoms with Crippen LogP contribution < -0.4 is 0 Å². The quantitative estimate of drug-likeness (QED) is 0.836. The summed E-state index contributed by atoms with van der Waals surface area (Å²) >= 11 is 0. The summed E-state index contributed by atoms with van der Waals surface area (Å²) < 4.78 is 0. The first-order chi connectivity index (χ1) is 11.4. The van der Waals surface area contributed by atoms with Crippen LogP contribution in [0, 0.1) is 5.92 Å². The van der Waals surface area contributed by atoms with E-state index >= 15 is 0 Å². The highest BCUT2D eigenvalue weighted by atomic mass is 16.4. The molecule has 0 saturated heterocycles. The van der Waals surface area contributed by atoms with Gasteiger partial charge in [0.15, 0.2) is 0 Å². The molecule has 3 nitrogen and oxygen atoms in total. The van der Waals surface area contributed by atoms with Crippen molar-refractivity contribution >= 4 is 12.0 Å². The fourth-order valence-electron chi connectivity index (χ4n) is 5.07. The average Bonchev–Trinajstić information content (AvgIpc) is 2.70. The van der Waals surface area contributed by atoms with Crippen LogP contribution in [0.25, 0.3) is 6.08 Å². The lowest BCUT2D eigenvalue weighted by Gasteiger charge is -2.50. The Hall–Kier alpha value is -1.61. The molecular weight excluding hydrogens is 300 g/mol. The highest BCUT2D eigenvalue weighted by molar-refractivity contribution is 5.88. The number of hydrogen-bond donors (Lipinski definition) is 2. The van der Waals surface area contributed by atoms with Crippen molar-refractivity contribution in [2.24, 2.45) is 5.92 Å². The summed E-state index contributed by atoms with van der Waals surface area (Å²) in [5.74, 6) is -0.459. The van der Waals surface area contributed by atoms with Gasteiger partial charge in [-0.1, -0.05) is 38.5 Å². The standard InChI is InChI=1S/C21H28O3/c1-3-10-20(24)11-12-21(4-2)17(14-20)7-5-6-15-13-16(19(22)23)8-9-18(15)21/h5-6,8-9,13,17,24H,3-4,7,10-12,14H2,1-2H3,(H,22,23)/t17-,20+,21+/m1/s1. The van der Waals surface area contributed by atoms with E-state index in [1.54, 1.807) is 12.1 Å². The van der Waals surface area contributed by atoms with Gasteiger partial charge in [-0.15, -0.1) is 0 Å². The van der Waals surface area contributed by atoms with E-state index in [9.17, 15) is 15.0 Å². The van der Waals surface area contributed by atoms with Crippen LogP contribution in [-0.2, 0) is 5.41 Å². The van der Waals surface area contributed by atoms with Gasteiger partial charge >= 0.3 is 5.97 Å². The van der Waals surface area contributed by atoms with Crippen LogP contribution in [0.5, 0.6) is 0 Å². The molecule has 0 aromatic heterocycles. The van der Waals surface area contributed by atoms with Gasteiger partial charge in [-0.05, 0) is 73.1 Å². The first-order valence-electron chi connectivity index (χ1n) is 9.21. The van der Waals surface area contributed by atoms with Crippen molar-refractivity contribution in [1.29, 1.82) is 0 Å². The van der Waals surface area contributed by atoms with E-state index < -0.39 is 11.6 Å². The van der Waals surface area contributed by atoms with Gasteiger partial charge in [0, 0.05) is 0 Å². The third-order valence-electron chi connectivity index (χ3n) is 6.34. The van der Waals surface area contributed by atoms with Crippen LogP contribution in [0.15, 0.2) is 24.3 Å². The van der Waals surface area contributed by atoms with Crippen LogP contribution in [-0.4, -0.2) is 21.8 Å². The highest BCUT2D eigenvalue weighted by Crippen LogP contribution is 2.53. The van der Waals surface area contributed by atoms with E-state index in [4.69, 9.17) is 0 Å². The number of hydrogen-bond acceptors (Lipinski definition) is 2. The molecule has 2 aliphatic carbocycles. The summed E-state index contributed by atoms with van der Waals surface area (Å²) in [6.07, 6.45) is 10.8. The zero-order chi connectivity index (χ0) is 17.4. The summed E-state index contributed by atoms with van der Waals surface area (Å²) in [6, 6.07) is 5.57. The molecule has 0 bridgehead atoms. The molecule has 0 radical (unpaired) electrons. The molecule has 2 aliphatic rings. The van der Waals surface area contributed by atoms with E-state index in [-0.39, 0.29) is 5.41 Å². The van der Waals surface area contributed by atoms with Gasteiger partial charge in [0.1, 0.15) is 0 Å². The maximum atomic E-state index is 11.3. The number of carboxylic acids is 1. The number of carbonyl (C=O) groups is 1. The maximum Gasteiger partial charge on any atom is 0.335 e. The fraction of sp³-hybridized carbons (Fsp3) is 0.571. The molecule has 1 aromatic rings. The molecule has 0 aliphatic heterocycles. The Labute approximate surface area is 144 Å². The van der Waals surface area contributed by atoms with Gasteiger partial charge in [0.2, 0.25) is 0 Å². The highest BCUT2D eigenvalue weighted by Gasteiger charge is 2.48. The molecule has 130 valence electrons. The Morgan fingerprint density at radius 2 is 2.08 bits per heavy atom. The van der Waals surface area contributed by atoms with Crippen molar-refractivity contribution in [2.45, 2.75) is 69.8 Å². The molecule has 24 heavy (non-hydrogen) atoms. The number of benzene rings is 1. The monoisotopic (exact) mass is 328 g/mol. The van der Waals surface area contributed by atoms with Crippen molar-refractivity contribution in [3.63, 3.8) is 0 Å². The minimum Gasteiger partial charge on any atom is -0.478 e. The Morgan fingerprint density at radius 1 is 1.29 bits per heavy atom. The van der Waals surface area contributed by atoms with E-state index in [1.807, 2.05) is 6.07 Å². The zero-order valence-electron chi connectivity index (χ0n) is 14.7. The normalized spacial score (nSPS) is 31.9. The molecule has 0 spiro atoms. The van der Waals surface area contributed by atoms with E-state index in [1.165, 1.54) is 5.56 Å². The van der Waals surface area contributed by atoms with Crippen molar-refractivity contribution in [3.05, 3.63) is 41.0 Å². The average molecular weight is 328 g/mol. The number of carboxylic acid groups (broad SMARTS) is 1. The second kappa shape index (κ2) is 6.36. The van der Waals surface area contributed by atoms with Crippen molar-refractivity contribution < 1.29 is 15.0 Å². The Kier molecular flexibility index (Phi) is 4.56. The predicted octanol–water partition coefficient (Wildman–Crippen LogP) is 4.78. The van der Waals surface area contributed by atoms with Crippen molar-refractivity contribution in [2.75, 3.05) is 0 Å². The van der Waals surface area contributed by atoms with Crippen LogP contribution in [0.3, 0.4) is 0 Å². The molecule has 0 unspecified atom stereocenters. The minimum absolute atomic E-state index is 0.0514. The van der Waals surface area contributed by atoms with Crippen molar-refractivity contribution in [3.8, 4) is 0 Å². The molecule has 1 aromatic carbocycles. The van der Waals surface area contributed by atoms with Crippen LogP contribution in [0.4, 0.5) is 0 Å². The van der Waals surface area contributed by atoms with E-state index in [0.29, 0.717) is 11.5 Å². The molecular formula is C21H28O3. The van der Waals surface area contributed by atoms with Gasteiger partial charge in [-0.3, -0.25) is 0 Å². The molecule has 3 rings (SSSR count). The van der Waals surface area contributed by atoms with Crippen LogP contribution in [0.2, 0.25) is 0 Å². The Balaban J connectivity index is 2.04. The SMILES string of the molecule is CCC[C@]1(O)CC[C@]2(CC)c3ccc(C(=O)O)cc3C=CC[C@@H]2C1. The summed E-state index contributed by atoms with van der Waals surface area (Å²) in [5, 5.41) is 20.3. The lowest BCUT2D eigenvalue weighted by molar-refractivity contribution is -0.0520. The van der Waals surface area contributed by atoms with Crippen LogP contribution >= 0.6 is 0 Å². The molecule has 1 fully saturated rings. The van der Waals surface area contributed by atoms with Crippen LogP contribution in [0.1, 0.15) is 80.3 Å². The molecule has 1 saturated carbocycles. The lowest BCUT2D eigenvalue weighted by Crippen LogP contribution is -2.47. The predicted molar refractivity (Wildman–Crippen MR) is 96.2 cm³/mol. The first kappa shape index (κ1) is 17.2. The smallest absolute Gasteiger partial charge is 0.335 e. The molecule has 2 N–H and O–H groups in total. The maximum absolute atomic E-state index is 11.3. The van der Waals surface area contributed by atoms with Gasteiger partial charge in [0.25, 0.3) is 0 Å². The summed E-state index contributed by atoms with van der Waals surface area (Å²) in [6.45, 7) is 4.37. The Morgan fingerprint density at radius 3 is 2.75 bits per heavy atom. The van der Waals surface area contributed by atoms with Gasteiger partial charge < -0.3 is 10.2 Å². The van der Waals surface area contributed by atoms with Gasteiger partial charge in [0.05, 0.1) is 11.2 Å². The largest absolute Gasteiger partial charge is 0.478 e. The summed E-state index contributed by atoms with van der Waals surface area (Å²) in [4.78, 5) is 11.3. The Bertz CT molecular complexity index is 663. The number of aromatic carboxylic acids is 1. The second-order valence-corrected chi connectivity index (χ2v) is 7.63. The number of aliphatic hydroxyl groups is 1. The van der Waals surface area contributed by atoms with E-state index in [2.05, 4.69) is 26.0 Å². The lowest BCUT2D eigenvalue weighted by atomic mass is 9.56. The molecule has 0 heterocycles. The summed E-state index contributed by atoms with van der Waals surface area (Å²) in [5.41, 5.74) is 2.18. The third kappa shape index (κ3) is 2.79. The van der Waals surface area contributed by atoms with Gasteiger partial charge in [-0.25, -0.2) is 4.79 Å². The molecule has 0 amide bonds. The third-order valence-corrected chi connectivity index (χ3v) is 6.34. The zero-order valence-corrected chi connectivity index (χ0v) is 14.7. The first-order valence-corrected chi connectivity index (χ1v) is 9.21. The minimum atomic E-state index is -0.876. The topological polar surface area (TPSA) is 57.5 Å². The molecule has 3 atom stereocenters. The molecule has 3 heteroatoms. The van der Waals surface area contributed by atoms with Gasteiger partial charge in [-0.2, -0.15) is 0 Å². The fourth-order valence-corrected chi connectivity index (χ4v) is 5.07. The second-order valence-electron chi connectivity index (χ2n) is 7.63. The number of fused-ring (bicyclic) bond motifs is 3. The number of allylic oxidation sites excluding steroid dienone is 1. The van der Waals surface area contributed by atoms with Crippen molar-refractivity contribution in [1.82, 2.24) is 0 Å².